The van der Waals surface area contributed by atoms with Gasteiger partial charge in [0.15, 0.2) is 11.6 Å². The Hall–Kier alpha value is -1.62. The number of rotatable bonds is 6. The summed E-state index contributed by atoms with van der Waals surface area (Å²) in [5.74, 6) is -0.164. The Balaban J connectivity index is 2.48. The summed E-state index contributed by atoms with van der Waals surface area (Å²) in [6.07, 6.45) is 0.384. The fraction of sp³-hybridized carbons (Fsp3) is 0.462. The van der Waals surface area contributed by atoms with Gasteiger partial charge < -0.3 is 15.8 Å². The Bertz CT molecular complexity index is 410. The van der Waals surface area contributed by atoms with Gasteiger partial charge in [0, 0.05) is 13.0 Å². The number of benzene rings is 1. The molecule has 1 aromatic carbocycles. The molecule has 1 aromatic rings. The largest absolute Gasteiger partial charge is 0.494 e. The third-order valence-corrected chi connectivity index (χ3v) is 2.64. The average molecular weight is 254 g/mol. The number of carbonyl (C=O) groups is 1. The first-order valence-electron chi connectivity index (χ1n) is 5.86. The molecule has 1 atom stereocenters. The molecule has 0 saturated carbocycles. The van der Waals surface area contributed by atoms with Crippen LogP contribution >= 0.6 is 0 Å². The Kier molecular flexibility index (Phi) is 5.58. The van der Waals surface area contributed by atoms with Crippen molar-refractivity contribution in [1.82, 2.24) is 5.32 Å². The minimum absolute atomic E-state index is 0.0795. The highest BCUT2D eigenvalue weighted by Crippen LogP contribution is 2.17. The maximum Gasteiger partial charge on any atom is 0.220 e. The van der Waals surface area contributed by atoms with Gasteiger partial charge in [-0.2, -0.15) is 0 Å². The molecule has 4 nitrogen and oxygen atoms in total. The zero-order valence-electron chi connectivity index (χ0n) is 10.7. The molecular formula is C13H19FN2O2. The predicted octanol–water partition coefficient (Wildman–Crippen LogP) is 1.44. The zero-order chi connectivity index (χ0) is 13.5. The summed E-state index contributed by atoms with van der Waals surface area (Å²) in [5, 5.41) is 2.73. The van der Waals surface area contributed by atoms with Crippen molar-refractivity contribution < 1.29 is 13.9 Å². The van der Waals surface area contributed by atoms with E-state index in [0.717, 1.165) is 0 Å². The first kappa shape index (κ1) is 14.4. The van der Waals surface area contributed by atoms with Gasteiger partial charge in [-0.05, 0) is 30.2 Å². The smallest absolute Gasteiger partial charge is 0.220 e. The number of nitrogens with one attached hydrogen (secondary N) is 1. The third-order valence-electron chi connectivity index (χ3n) is 2.64. The van der Waals surface area contributed by atoms with Crippen LogP contribution in [0, 0.1) is 11.7 Å². The molecule has 5 heteroatoms. The summed E-state index contributed by atoms with van der Waals surface area (Å²) in [5.41, 5.74) is 6.13. The molecule has 100 valence electrons. The van der Waals surface area contributed by atoms with Gasteiger partial charge in [0.1, 0.15) is 0 Å². The summed E-state index contributed by atoms with van der Waals surface area (Å²) in [7, 11) is 1.41. The number of hydrogen-bond acceptors (Lipinski definition) is 3. The second-order valence-corrected chi connectivity index (χ2v) is 4.29. The van der Waals surface area contributed by atoms with Crippen molar-refractivity contribution in [2.75, 3.05) is 13.7 Å². The van der Waals surface area contributed by atoms with E-state index < -0.39 is 5.82 Å². The lowest BCUT2D eigenvalue weighted by Crippen LogP contribution is -2.26. The number of hydrogen-bond donors (Lipinski definition) is 2. The SMILES string of the molecule is COc1ccc(CNC(=O)CC(C)CN)cc1F. The molecule has 1 rings (SSSR count). The minimum Gasteiger partial charge on any atom is -0.494 e. The second-order valence-electron chi connectivity index (χ2n) is 4.29. The van der Waals surface area contributed by atoms with Crippen LogP contribution in [-0.2, 0) is 11.3 Å². The van der Waals surface area contributed by atoms with Crippen molar-refractivity contribution >= 4 is 5.91 Å². The van der Waals surface area contributed by atoms with Crippen LogP contribution in [0.4, 0.5) is 4.39 Å². The predicted molar refractivity (Wildman–Crippen MR) is 67.6 cm³/mol. The number of amides is 1. The van der Waals surface area contributed by atoms with Gasteiger partial charge in [0.05, 0.1) is 7.11 Å². The van der Waals surface area contributed by atoms with Gasteiger partial charge in [-0.25, -0.2) is 4.39 Å². The van der Waals surface area contributed by atoms with Crippen molar-refractivity contribution in [3.8, 4) is 5.75 Å². The molecule has 1 amide bonds. The summed E-state index contributed by atoms with van der Waals surface area (Å²) in [6.45, 7) is 2.69. The molecule has 0 heterocycles. The molecule has 3 N–H and O–H groups in total. The van der Waals surface area contributed by atoms with Crippen molar-refractivity contribution in [3.05, 3.63) is 29.6 Å². The first-order valence-corrected chi connectivity index (χ1v) is 5.86. The van der Waals surface area contributed by atoms with E-state index >= 15 is 0 Å². The molecule has 0 fully saturated rings. The number of carbonyl (C=O) groups excluding carboxylic acids is 1. The van der Waals surface area contributed by atoms with Crippen molar-refractivity contribution in [1.29, 1.82) is 0 Å². The Labute approximate surface area is 106 Å². The standard InChI is InChI=1S/C13H19FN2O2/c1-9(7-15)5-13(17)16-8-10-3-4-12(18-2)11(14)6-10/h3-4,6,9H,5,7-8,15H2,1-2H3,(H,16,17). The maximum atomic E-state index is 13.4. The summed E-state index contributed by atoms with van der Waals surface area (Å²) in [4.78, 5) is 11.5. The van der Waals surface area contributed by atoms with Crippen molar-refractivity contribution in [3.63, 3.8) is 0 Å². The molecule has 0 aliphatic rings. The summed E-state index contributed by atoms with van der Waals surface area (Å²) in [6, 6.07) is 4.61. The van der Waals surface area contributed by atoms with Crippen LogP contribution in [0.25, 0.3) is 0 Å². The van der Waals surface area contributed by atoms with E-state index in [9.17, 15) is 9.18 Å². The van der Waals surface area contributed by atoms with E-state index in [1.807, 2.05) is 6.92 Å². The highest BCUT2D eigenvalue weighted by molar-refractivity contribution is 5.76. The summed E-state index contributed by atoms with van der Waals surface area (Å²) < 4.78 is 18.2. The van der Waals surface area contributed by atoms with Gasteiger partial charge in [-0.3, -0.25) is 4.79 Å². The van der Waals surface area contributed by atoms with Crippen molar-refractivity contribution in [2.45, 2.75) is 19.9 Å². The second kappa shape index (κ2) is 6.96. The highest BCUT2D eigenvalue weighted by Gasteiger charge is 2.08. The van der Waals surface area contributed by atoms with Crippen LogP contribution in [0.3, 0.4) is 0 Å². The molecule has 0 aliphatic carbocycles. The Morgan fingerprint density at radius 3 is 2.83 bits per heavy atom. The van der Waals surface area contributed by atoms with Crippen LogP contribution in [0.2, 0.25) is 0 Å². The number of ether oxygens (including phenoxy) is 1. The molecular weight excluding hydrogens is 235 g/mol. The Morgan fingerprint density at radius 1 is 1.56 bits per heavy atom. The van der Waals surface area contributed by atoms with Crippen LogP contribution in [0.5, 0.6) is 5.75 Å². The topological polar surface area (TPSA) is 64.3 Å². The van der Waals surface area contributed by atoms with Gasteiger partial charge in [-0.1, -0.05) is 13.0 Å². The van der Waals surface area contributed by atoms with Gasteiger partial charge in [0.25, 0.3) is 0 Å². The van der Waals surface area contributed by atoms with Gasteiger partial charge >= 0.3 is 0 Å². The summed E-state index contributed by atoms with van der Waals surface area (Å²) >= 11 is 0. The fourth-order valence-corrected chi connectivity index (χ4v) is 1.49. The van der Waals surface area contributed by atoms with Crippen LogP contribution in [-0.4, -0.2) is 19.6 Å². The lowest BCUT2D eigenvalue weighted by Gasteiger charge is -2.10. The van der Waals surface area contributed by atoms with Crippen molar-refractivity contribution in [2.24, 2.45) is 11.7 Å². The molecule has 18 heavy (non-hydrogen) atoms. The molecule has 0 radical (unpaired) electrons. The highest BCUT2D eigenvalue weighted by atomic mass is 19.1. The lowest BCUT2D eigenvalue weighted by molar-refractivity contribution is -0.122. The van der Waals surface area contributed by atoms with Gasteiger partial charge in [0.2, 0.25) is 5.91 Å². The van der Waals surface area contributed by atoms with E-state index in [4.69, 9.17) is 10.5 Å². The molecule has 0 spiro atoms. The maximum absolute atomic E-state index is 13.4. The zero-order valence-corrected chi connectivity index (χ0v) is 10.7. The van der Waals surface area contributed by atoms with Crippen LogP contribution in [0.1, 0.15) is 18.9 Å². The van der Waals surface area contributed by atoms with E-state index in [-0.39, 0.29) is 17.6 Å². The quantitative estimate of drug-likeness (QED) is 0.807. The molecule has 0 aromatic heterocycles. The Morgan fingerprint density at radius 2 is 2.28 bits per heavy atom. The van der Waals surface area contributed by atoms with Crippen LogP contribution in [0.15, 0.2) is 18.2 Å². The first-order chi connectivity index (χ1) is 8.56. The van der Waals surface area contributed by atoms with E-state index in [1.165, 1.54) is 13.2 Å². The lowest BCUT2D eigenvalue weighted by atomic mass is 10.1. The normalized spacial score (nSPS) is 12.0. The molecule has 0 aliphatic heterocycles. The number of nitrogens with two attached hydrogens (primary N) is 1. The fourth-order valence-electron chi connectivity index (χ4n) is 1.49. The van der Waals surface area contributed by atoms with E-state index in [1.54, 1.807) is 12.1 Å². The molecule has 0 saturated heterocycles. The van der Waals surface area contributed by atoms with Gasteiger partial charge in [-0.15, -0.1) is 0 Å². The minimum atomic E-state index is -0.431. The third kappa shape index (κ3) is 4.33. The van der Waals surface area contributed by atoms with E-state index in [0.29, 0.717) is 25.1 Å². The number of methoxy groups -OCH3 is 1. The number of halogens is 1. The molecule has 0 bridgehead atoms. The molecule has 1 unspecified atom stereocenters. The van der Waals surface area contributed by atoms with E-state index in [2.05, 4.69) is 5.32 Å². The average Bonchev–Trinajstić information content (AvgIpc) is 2.36. The monoisotopic (exact) mass is 254 g/mol. The van der Waals surface area contributed by atoms with Crippen LogP contribution < -0.4 is 15.8 Å².